The number of rotatable bonds is 4. The van der Waals surface area contributed by atoms with Crippen LogP contribution < -0.4 is 4.90 Å². The molecule has 0 unspecified atom stereocenters. The molecule has 1 fully saturated rings. The predicted molar refractivity (Wildman–Crippen MR) is 99.6 cm³/mol. The van der Waals surface area contributed by atoms with Crippen LogP contribution in [0.25, 0.3) is 11.4 Å². The Morgan fingerprint density at radius 3 is 2.62 bits per heavy atom. The van der Waals surface area contributed by atoms with Gasteiger partial charge in [0.1, 0.15) is 23.7 Å². The molecule has 0 spiro atoms. The average molecular weight is 349 g/mol. The van der Waals surface area contributed by atoms with Crippen molar-refractivity contribution in [2.45, 2.75) is 26.2 Å². The van der Waals surface area contributed by atoms with Gasteiger partial charge in [-0.3, -0.25) is 4.98 Å². The maximum atomic E-state index is 4.83. The average Bonchev–Trinajstić information content (AvgIpc) is 3.02. The largest absolute Gasteiger partial charge is 0.357 e. The molecule has 0 aliphatic carbocycles. The molecular formula is C19H23N7. The molecule has 3 aromatic heterocycles. The first-order valence-corrected chi connectivity index (χ1v) is 9.01. The van der Waals surface area contributed by atoms with Gasteiger partial charge in [0.2, 0.25) is 0 Å². The van der Waals surface area contributed by atoms with Gasteiger partial charge in [-0.25, -0.2) is 19.9 Å². The van der Waals surface area contributed by atoms with Crippen molar-refractivity contribution < 1.29 is 0 Å². The minimum atomic E-state index is 0.630. The molecule has 0 saturated carbocycles. The number of anilines is 1. The molecular weight excluding hydrogens is 326 g/mol. The van der Waals surface area contributed by atoms with Crippen LogP contribution in [0.2, 0.25) is 0 Å². The van der Waals surface area contributed by atoms with E-state index >= 15 is 0 Å². The normalized spacial score (nSPS) is 15.4. The van der Waals surface area contributed by atoms with Gasteiger partial charge in [0.05, 0.1) is 23.8 Å². The monoisotopic (exact) mass is 349 g/mol. The highest BCUT2D eigenvalue weighted by atomic mass is 15.2. The third kappa shape index (κ3) is 3.42. The third-order valence-electron chi connectivity index (χ3n) is 5.17. The molecule has 7 nitrogen and oxygen atoms in total. The fourth-order valence-electron chi connectivity index (χ4n) is 3.50. The van der Waals surface area contributed by atoms with E-state index in [1.807, 2.05) is 43.2 Å². The lowest BCUT2D eigenvalue weighted by molar-refractivity contribution is 0.399. The summed E-state index contributed by atoms with van der Waals surface area (Å²) in [6.07, 6.45) is 12.2. The first kappa shape index (κ1) is 16.6. The first-order chi connectivity index (χ1) is 12.7. The van der Waals surface area contributed by atoms with Gasteiger partial charge in [0.15, 0.2) is 0 Å². The Balaban J connectivity index is 1.41. The lowest BCUT2D eigenvalue weighted by atomic mass is 9.92. The fourth-order valence-corrected chi connectivity index (χ4v) is 3.50. The van der Waals surface area contributed by atoms with E-state index in [4.69, 9.17) is 4.98 Å². The fraction of sp³-hybridized carbons (Fsp3) is 0.421. The lowest BCUT2D eigenvalue weighted by Crippen LogP contribution is -2.34. The number of aromatic nitrogens is 6. The summed E-state index contributed by atoms with van der Waals surface area (Å²) in [5.74, 6) is 2.63. The van der Waals surface area contributed by atoms with E-state index in [1.165, 1.54) is 0 Å². The molecule has 7 heteroatoms. The highest BCUT2D eigenvalue weighted by Gasteiger charge is 2.21. The molecule has 3 aromatic rings. The Morgan fingerprint density at radius 1 is 1.08 bits per heavy atom. The van der Waals surface area contributed by atoms with Gasteiger partial charge in [0, 0.05) is 32.5 Å². The predicted octanol–water partition coefficient (Wildman–Crippen LogP) is 2.43. The lowest BCUT2D eigenvalue weighted by Gasteiger charge is -2.32. The Bertz CT molecular complexity index is 867. The van der Waals surface area contributed by atoms with Crippen molar-refractivity contribution in [2.75, 3.05) is 18.0 Å². The summed E-state index contributed by atoms with van der Waals surface area (Å²) >= 11 is 0. The Hall–Kier alpha value is -2.83. The number of hydrogen-bond acceptors (Lipinski definition) is 6. The second-order valence-corrected chi connectivity index (χ2v) is 6.85. The second kappa shape index (κ2) is 7.19. The summed E-state index contributed by atoms with van der Waals surface area (Å²) in [6, 6.07) is 1.98. The van der Waals surface area contributed by atoms with Crippen LogP contribution in [0.4, 0.5) is 5.82 Å². The number of aryl methyl sites for hydroxylation is 1. The zero-order valence-corrected chi connectivity index (χ0v) is 15.2. The molecule has 26 heavy (non-hydrogen) atoms. The molecule has 1 saturated heterocycles. The Morgan fingerprint density at radius 2 is 1.92 bits per heavy atom. The molecule has 0 bridgehead atoms. The van der Waals surface area contributed by atoms with E-state index in [0.717, 1.165) is 61.1 Å². The van der Waals surface area contributed by atoms with Crippen LogP contribution in [-0.2, 0) is 13.5 Å². The van der Waals surface area contributed by atoms with Crippen molar-refractivity contribution in [2.24, 2.45) is 13.0 Å². The summed E-state index contributed by atoms with van der Waals surface area (Å²) in [5.41, 5.74) is 2.96. The van der Waals surface area contributed by atoms with Crippen LogP contribution in [0.15, 0.2) is 37.2 Å². The van der Waals surface area contributed by atoms with Crippen molar-refractivity contribution in [1.82, 2.24) is 29.5 Å². The number of piperidine rings is 1. The maximum absolute atomic E-state index is 4.83. The minimum Gasteiger partial charge on any atom is -0.357 e. The van der Waals surface area contributed by atoms with Gasteiger partial charge in [-0.15, -0.1) is 0 Å². The summed E-state index contributed by atoms with van der Waals surface area (Å²) in [4.78, 5) is 24.3. The smallest absolute Gasteiger partial charge is 0.131 e. The van der Waals surface area contributed by atoms with Crippen molar-refractivity contribution in [3.63, 3.8) is 0 Å². The quantitative estimate of drug-likeness (QED) is 0.720. The molecule has 134 valence electrons. The topological polar surface area (TPSA) is 72.6 Å². The van der Waals surface area contributed by atoms with Crippen LogP contribution in [0.3, 0.4) is 0 Å². The van der Waals surface area contributed by atoms with Gasteiger partial charge in [-0.2, -0.15) is 0 Å². The van der Waals surface area contributed by atoms with Crippen LogP contribution in [-0.4, -0.2) is 42.6 Å². The van der Waals surface area contributed by atoms with Crippen molar-refractivity contribution in [3.05, 3.63) is 48.7 Å². The van der Waals surface area contributed by atoms with E-state index in [1.54, 1.807) is 12.5 Å². The molecule has 4 heterocycles. The molecule has 0 aromatic carbocycles. The molecule has 1 aliphatic rings. The van der Waals surface area contributed by atoms with E-state index in [0.29, 0.717) is 5.92 Å². The second-order valence-electron chi connectivity index (χ2n) is 6.85. The summed E-state index contributed by atoms with van der Waals surface area (Å²) in [6.45, 7) is 4.04. The van der Waals surface area contributed by atoms with Crippen LogP contribution in [0.5, 0.6) is 0 Å². The van der Waals surface area contributed by atoms with Gasteiger partial charge >= 0.3 is 0 Å². The van der Waals surface area contributed by atoms with E-state index < -0.39 is 0 Å². The summed E-state index contributed by atoms with van der Waals surface area (Å²) in [5, 5.41) is 0. The van der Waals surface area contributed by atoms with Gasteiger partial charge in [0.25, 0.3) is 0 Å². The zero-order chi connectivity index (χ0) is 17.9. The maximum Gasteiger partial charge on any atom is 0.131 e. The van der Waals surface area contributed by atoms with E-state index in [-0.39, 0.29) is 0 Å². The Labute approximate surface area is 153 Å². The summed E-state index contributed by atoms with van der Waals surface area (Å²) < 4.78 is 2.05. The van der Waals surface area contributed by atoms with E-state index in [2.05, 4.69) is 24.8 Å². The summed E-state index contributed by atoms with van der Waals surface area (Å²) in [7, 11) is 2.01. The molecule has 4 rings (SSSR count). The Kier molecular flexibility index (Phi) is 4.60. The minimum absolute atomic E-state index is 0.630. The number of imidazole rings is 1. The van der Waals surface area contributed by atoms with Gasteiger partial charge in [-0.1, -0.05) is 0 Å². The standard InChI is InChI=1S/C19H23N7/c1-14-22-12-18(25(14)2)17-11-21-10-16(24-17)9-15-4-7-26(8-5-15)19-3-6-20-13-23-19/h3,6,10-13,15H,4-5,7-9H2,1-2H3. The van der Waals surface area contributed by atoms with Crippen LogP contribution in [0.1, 0.15) is 24.4 Å². The SMILES string of the molecule is Cc1ncc(-c2cncc(CC3CCN(c4ccncn4)CC3)n2)n1C. The molecule has 1 aliphatic heterocycles. The number of nitrogens with zero attached hydrogens (tertiary/aromatic N) is 7. The molecule has 0 N–H and O–H groups in total. The molecule has 0 atom stereocenters. The highest BCUT2D eigenvalue weighted by Crippen LogP contribution is 2.24. The van der Waals surface area contributed by atoms with Crippen molar-refractivity contribution >= 4 is 5.82 Å². The zero-order valence-electron chi connectivity index (χ0n) is 15.2. The van der Waals surface area contributed by atoms with E-state index in [9.17, 15) is 0 Å². The van der Waals surface area contributed by atoms with Crippen LogP contribution in [0, 0.1) is 12.8 Å². The first-order valence-electron chi connectivity index (χ1n) is 9.01. The van der Waals surface area contributed by atoms with Gasteiger partial charge < -0.3 is 9.47 Å². The highest BCUT2D eigenvalue weighted by molar-refractivity contribution is 5.53. The molecule has 0 amide bonds. The van der Waals surface area contributed by atoms with Gasteiger partial charge in [-0.05, 0) is 38.2 Å². The third-order valence-corrected chi connectivity index (χ3v) is 5.17. The van der Waals surface area contributed by atoms with Crippen molar-refractivity contribution in [3.8, 4) is 11.4 Å². The van der Waals surface area contributed by atoms with Crippen molar-refractivity contribution in [1.29, 1.82) is 0 Å². The molecule has 0 radical (unpaired) electrons. The number of hydrogen-bond donors (Lipinski definition) is 0. The van der Waals surface area contributed by atoms with Crippen LogP contribution >= 0.6 is 0 Å².